The molecule has 2 aliphatic heterocycles. The summed E-state index contributed by atoms with van der Waals surface area (Å²) in [6.07, 6.45) is 6.93. The molecule has 0 saturated carbocycles. The number of likely N-dealkylation sites (tertiary alicyclic amines) is 2. The van der Waals surface area contributed by atoms with Gasteiger partial charge in [0.2, 0.25) is 5.91 Å². The number of aromatic nitrogens is 2. The summed E-state index contributed by atoms with van der Waals surface area (Å²) in [5.74, 6) is 0.395. The van der Waals surface area contributed by atoms with Gasteiger partial charge < -0.3 is 14.1 Å². The van der Waals surface area contributed by atoms with Gasteiger partial charge in [-0.3, -0.25) is 18.8 Å². The summed E-state index contributed by atoms with van der Waals surface area (Å²) in [7, 11) is 1.65. The van der Waals surface area contributed by atoms with Crippen LogP contribution in [0.15, 0.2) is 52.1 Å². The third kappa shape index (κ3) is 4.57. The fourth-order valence-electron chi connectivity index (χ4n) is 5.57. The molecule has 4 heterocycles. The molecule has 0 spiro atoms. The molecule has 34 heavy (non-hydrogen) atoms. The number of fused-ring (bicyclic) bond motifs is 1. The van der Waals surface area contributed by atoms with Gasteiger partial charge in [0, 0.05) is 44.3 Å². The Bertz CT molecular complexity index is 1150. The molecule has 1 amide bonds. The highest BCUT2D eigenvalue weighted by Crippen LogP contribution is 2.28. The molecule has 3 aromatic rings. The highest BCUT2D eigenvalue weighted by molar-refractivity contribution is 5.79. The first-order valence-electron chi connectivity index (χ1n) is 12.4. The maximum Gasteiger partial charge on any atom is 0.329 e. The van der Waals surface area contributed by atoms with Crippen LogP contribution in [0, 0.1) is 5.92 Å². The maximum atomic E-state index is 13.3. The Labute approximate surface area is 199 Å². The average molecular weight is 467 g/mol. The second-order valence-corrected chi connectivity index (χ2v) is 9.52. The lowest BCUT2D eigenvalue weighted by Gasteiger charge is -2.37. The number of ether oxygens (including phenoxy) is 1. The number of amides is 1. The van der Waals surface area contributed by atoms with Gasteiger partial charge in [0.05, 0.1) is 36.7 Å². The zero-order chi connectivity index (χ0) is 23.5. The van der Waals surface area contributed by atoms with Crippen LogP contribution in [0.2, 0.25) is 0 Å². The van der Waals surface area contributed by atoms with Crippen LogP contribution in [-0.2, 0) is 22.6 Å². The number of para-hydroxylation sites is 2. The number of imidazole rings is 1. The summed E-state index contributed by atoms with van der Waals surface area (Å²) in [6, 6.07) is 10.1. The summed E-state index contributed by atoms with van der Waals surface area (Å²) in [5.41, 5.74) is 3.13. The van der Waals surface area contributed by atoms with Crippen molar-refractivity contribution in [3.8, 4) is 0 Å². The minimum Gasteiger partial charge on any atom is -0.472 e. The number of methoxy groups -OCH3 is 1. The second kappa shape index (κ2) is 10.2. The molecule has 0 N–H and O–H groups in total. The Morgan fingerprint density at radius 1 is 1.03 bits per heavy atom. The fraction of sp³-hybridized carbons (Fsp3) is 0.538. The molecule has 8 nitrogen and oxygen atoms in total. The molecule has 182 valence electrons. The Morgan fingerprint density at radius 3 is 2.44 bits per heavy atom. The van der Waals surface area contributed by atoms with Crippen molar-refractivity contribution in [2.45, 2.75) is 44.8 Å². The number of hydrogen-bond donors (Lipinski definition) is 0. The predicted molar refractivity (Wildman–Crippen MR) is 130 cm³/mol. The molecule has 2 aromatic heterocycles. The lowest BCUT2D eigenvalue weighted by Crippen LogP contribution is -2.46. The third-order valence-electron chi connectivity index (χ3n) is 7.45. The van der Waals surface area contributed by atoms with Crippen LogP contribution >= 0.6 is 0 Å². The van der Waals surface area contributed by atoms with Crippen molar-refractivity contribution < 1.29 is 13.9 Å². The molecule has 1 aromatic carbocycles. The summed E-state index contributed by atoms with van der Waals surface area (Å²) in [5, 5.41) is 0. The van der Waals surface area contributed by atoms with Gasteiger partial charge in [-0.05, 0) is 57.0 Å². The van der Waals surface area contributed by atoms with Gasteiger partial charge in [0.1, 0.15) is 0 Å². The van der Waals surface area contributed by atoms with Crippen LogP contribution in [0.3, 0.4) is 0 Å². The largest absolute Gasteiger partial charge is 0.472 e. The van der Waals surface area contributed by atoms with Crippen molar-refractivity contribution in [2.24, 2.45) is 5.92 Å². The monoisotopic (exact) mass is 466 g/mol. The number of nitrogens with zero attached hydrogens (tertiary/aromatic N) is 4. The Kier molecular flexibility index (Phi) is 6.87. The maximum absolute atomic E-state index is 13.3. The second-order valence-electron chi connectivity index (χ2n) is 9.52. The van der Waals surface area contributed by atoms with E-state index in [1.165, 1.54) is 5.56 Å². The standard InChI is InChI=1S/C26H34N4O4/c1-33-17-15-29-23-4-2-3-5-24(23)30(26(29)32)22-8-13-28(14-9-22)25(31)21-6-11-27(12-7-21)18-20-10-16-34-19-20/h2-5,10,16,19,21-22H,6-9,11-15,17-18H2,1H3. The number of carbonyl (C=O) groups excluding carboxylic acids is 1. The predicted octanol–water partition coefficient (Wildman–Crippen LogP) is 3.12. The van der Waals surface area contributed by atoms with E-state index in [1.807, 2.05) is 44.4 Å². The van der Waals surface area contributed by atoms with E-state index >= 15 is 0 Å². The van der Waals surface area contributed by atoms with Gasteiger partial charge in [0.25, 0.3) is 0 Å². The van der Waals surface area contributed by atoms with E-state index in [4.69, 9.17) is 9.15 Å². The fourth-order valence-corrected chi connectivity index (χ4v) is 5.57. The zero-order valence-electron chi connectivity index (χ0n) is 19.9. The number of carbonyl (C=O) groups is 1. The van der Waals surface area contributed by atoms with E-state index in [2.05, 4.69) is 4.90 Å². The van der Waals surface area contributed by atoms with E-state index < -0.39 is 0 Å². The van der Waals surface area contributed by atoms with Gasteiger partial charge in [-0.2, -0.15) is 0 Å². The normalized spacial score (nSPS) is 18.7. The molecular weight excluding hydrogens is 432 g/mol. The molecule has 0 radical (unpaired) electrons. The van der Waals surface area contributed by atoms with Crippen LogP contribution in [0.25, 0.3) is 11.0 Å². The van der Waals surface area contributed by atoms with Crippen molar-refractivity contribution in [1.82, 2.24) is 18.9 Å². The van der Waals surface area contributed by atoms with E-state index in [-0.39, 0.29) is 23.6 Å². The van der Waals surface area contributed by atoms with Crippen LogP contribution < -0.4 is 5.69 Å². The lowest BCUT2D eigenvalue weighted by atomic mass is 9.93. The number of furan rings is 1. The van der Waals surface area contributed by atoms with E-state index in [9.17, 15) is 9.59 Å². The number of rotatable bonds is 7. The van der Waals surface area contributed by atoms with Crippen molar-refractivity contribution in [3.63, 3.8) is 0 Å². The van der Waals surface area contributed by atoms with Gasteiger partial charge in [0.15, 0.2) is 0 Å². The molecule has 8 heteroatoms. The van der Waals surface area contributed by atoms with E-state index in [0.29, 0.717) is 26.2 Å². The average Bonchev–Trinajstić information content (AvgIpc) is 3.48. The van der Waals surface area contributed by atoms with E-state index in [1.54, 1.807) is 19.6 Å². The Hall–Kier alpha value is -2.84. The Morgan fingerprint density at radius 2 is 1.76 bits per heavy atom. The van der Waals surface area contributed by atoms with E-state index in [0.717, 1.165) is 56.4 Å². The molecular formula is C26H34N4O4. The zero-order valence-corrected chi connectivity index (χ0v) is 19.9. The first-order valence-corrected chi connectivity index (χ1v) is 12.4. The first-order chi connectivity index (χ1) is 16.7. The number of benzene rings is 1. The highest BCUT2D eigenvalue weighted by atomic mass is 16.5. The third-order valence-corrected chi connectivity index (χ3v) is 7.45. The molecule has 5 rings (SSSR count). The minimum atomic E-state index is 0.0213. The number of hydrogen-bond acceptors (Lipinski definition) is 5. The summed E-state index contributed by atoms with van der Waals surface area (Å²) in [6.45, 7) is 5.23. The summed E-state index contributed by atoms with van der Waals surface area (Å²) in [4.78, 5) is 30.9. The van der Waals surface area contributed by atoms with Gasteiger partial charge in [-0.25, -0.2) is 4.79 Å². The molecule has 2 saturated heterocycles. The number of piperidine rings is 2. The molecule has 0 unspecified atom stereocenters. The smallest absolute Gasteiger partial charge is 0.329 e. The topological polar surface area (TPSA) is 72.8 Å². The lowest BCUT2D eigenvalue weighted by molar-refractivity contribution is -0.138. The van der Waals surface area contributed by atoms with Gasteiger partial charge in [-0.1, -0.05) is 12.1 Å². The van der Waals surface area contributed by atoms with Crippen LogP contribution in [0.1, 0.15) is 37.3 Å². The first kappa shape index (κ1) is 22.9. The van der Waals surface area contributed by atoms with Crippen LogP contribution in [0.5, 0.6) is 0 Å². The van der Waals surface area contributed by atoms with Gasteiger partial charge >= 0.3 is 5.69 Å². The SMILES string of the molecule is COCCn1c(=O)n(C2CCN(C(=O)C3CCN(Cc4ccoc4)CC3)CC2)c2ccccc21. The summed E-state index contributed by atoms with van der Waals surface area (Å²) < 4.78 is 14.1. The summed E-state index contributed by atoms with van der Waals surface area (Å²) >= 11 is 0. The van der Waals surface area contributed by atoms with Gasteiger partial charge in [-0.15, -0.1) is 0 Å². The molecule has 0 bridgehead atoms. The minimum absolute atomic E-state index is 0.0213. The van der Waals surface area contributed by atoms with Crippen molar-refractivity contribution >= 4 is 16.9 Å². The quantitative estimate of drug-likeness (QED) is 0.535. The molecule has 0 aliphatic carbocycles. The van der Waals surface area contributed by atoms with Crippen LogP contribution in [0.4, 0.5) is 0 Å². The van der Waals surface area contributed by atoms with Crippen molar-refractivity contribution in [1.29, 1.82) is 0 Å². The Balaban J connectivity index is 1.20. The molecule has 2 fully saturated rings. The van der Waals surface area contributed by atoms with Crippen molar-refractivity contribution in [3.05, 3.63) is 58.9 Å². The molecule has 2 aliphatic rings. The molecule has 0 atom stereocenters. The van der Waals surface area contributed by atoms with Crippen LogP contribution in [-0.4, -0.2) is 64.7 Å². The van der Waals surface area contributed by atoms with Crippen molar-refractivity contribution in [2.75, 3.05) is 39.9 Å². The highest BCUT2D eigenvalue weighted by Gasteiger charge is 2.32.